The van der Waals surface area contributed by atoms with Gasteiger partial charge in [-0.15, -0.1) is 0 Å². The summed E-state index contributed by atoms with van der Waals surface area (Å²) in [7, 11) is 0. The number of rotatable bonds is 3. The van der Waals surface area contributed by atoms with E-state index in [1.807, 2.05) is 32.0 Å². The van der Waals surface area contributed by atoms with Crippen molar-refractivity contribution in [1.82, 2.24) is 0 Å². The van der Waals surface area contributed by atoms with Crippen LogP contribution in [0, 0.1) is 18.8 Å². The van der Waals surface area contributed by atoms with Crippen LogP contribution in [0.2, 0.25) is 0 Å². The Kier molecular flexibility index (Phi) is 4.09. The molecule has 1 nitrogen and oxygen atoms in total. The summed E-state index contributed by atoms with van der Waals surface area (Å²) in [5.74, 6) is 0.682. The molecule has 0 radical (unpaired) electrons. The minimum Gasteiger partial charge on any atom is -0.294 e. The van der Waals surface area contributed by atoms with E-state index in [0.717, 1.165) is 15.6 Å². The van der Waals surface area contributed by atoms with Crippen LogP contribution in [0.15, 0.2) is 22.7 Å². The van der Waals surface area contributed by atoms with Gasteiger partial charge < -0.3 is 0 Å². The quantitative estimate of drug-likeness (QED) is 0.750. The Balaban J connectivity index is 3.11. The van der Waals surface area contributed by atoms with Gasteiger partial charge in [-0.05, 0) is 24.5 Å². The summed E-state index contributed by atoms with van der Waals surface area (Å²) >= 11 is 3.44. The summed E-state index contributed by atoms with van der Waals surface area (Å²) in [5, 5.41) is 0. The minimum atomic E-state index is 0.0717. The number of hydrogen-bond donors (Lipinski definition) is 0. The molecule has 82 valence electrons. The largest absolute Gasteiger partial charge is 0.294 e. The molecule has 15 heavy (non-hydrogen) atoms. The molecule has 1 aromatic rings. The van der Waals surface area contributed by atoms with E-state index in [9.17, 15) is 4.79 Å². The summed E-state index contributed by atoms with van der Waals surface area (Å²) < 4.78 is 0.903. The van der Waals surface area contributed by atoms with Crippen molar-refractivity contribution >= 4 is 21.7 Å². The van der Waals surface area contributed by atoms with Gasteiger partial charge in [-0.2, -0.15) is 0 Å². The predicted octanol–water partition coefficient (Wildman–Crippen LogP) is 4.23. The topological polar surface area (TPSA) is 17.1 Å². The van der Waals surface area contributed by atoms with Gasteiger partial charge in [-0.1, -0.05) is 48.8 Å². The van der Waals surface area contributed by atoms with Crippen molar-refractivity contribution in [2.24, 2.45) is 11.8 Å². The van der Waals surface area contributed by atoms with Gasteiger partial charge in [0, 0.05) is 16.0 Å². The van der Waals surface area contributed by atoms with E-state index in [0.29, 0.717) is 5.92 Å². The minimum absolute atomic E-state index is 0.0717. The summed E-state index contributed by atoms with van der Waals surface area (Å²) in [6.07, 6.45) is 0. The second-order valence-corrected chi connectivity index (χ2v) is 5.18. The summed E-state index contributed by atoms with van der Waals surface area (Å²) in [6.45, 7) is 8.13. The van der Waals surface area contributed by atoms with Crippen LogP contribution >= 0.6 is 15.9 Å². The highest BCUT2D eigenvalue weighted by molar-refractivity contribution is 9.10. The van der Waals surface area contributed by atoms with Crippen molar-refractivity contribution < 1.29 is 4.79 Å². The number of carbonyl (C=O) groups is 1. The van der Waals surface area contributed by atoms with Gasteiger partial charge in [0.05, 0.1) is 0 Å². The fourth-order valence-electron chi connectivity index (χ4n) is 1.47. The fraction of sp³-hybridized carbons (Fsp3) is 0.462. The van der Waals surface area contributed by atoms with Gasteiger partial charge in [0.1, 0.15) is 0 Å². The van der Waals surface area contributed by atoms with E-state index < -0.39 is 0 Å². The van der Waals surface area contributed by atoms with E-state index >= 15 is 0 Å². The number of Topliss-reactive ketones (excluding diaryl/α,β-unsaturated/α-hetero) is 1. The molecule has 0 aliphatic rings. The smallest absolute Gasteiger partial charge is 0.167 e. The average Bonchev–Trinajstić information content (AvgIpc) is 2.15. The molecule has 1 aromatic carbocycles. The van der Waals surface area contributed by atoms with E-state index in [-0.39, 0.29) is 11.7 Å². The van der Waals surface area contributed by atoms with Crippen LogP contribution < -0.4 is 0 Å². The maximum atomic E-state index is 12.2. The molecule has 1 atom stereocenters. The van der Waals surface area contributed by atoms with Crippen LogP contribution in [-0.2, 0) is 0 Å². The second kappa shape index (κ2) is 4.93. The number of ketones is 1. The lowest BCUT2D eigenvalue weighted by atomic mass is 9.88. The molecule has 1 unspecified atom stereocenters. The van der Waals surface area contributed by atoms with Crippen molar-refractivity contribution in [3.63, 3.8) is 0 Å². The van der Waals surface area contributed by atoms with Crippen LogP contribution in [0.3, 0.4) is 0 Å². The van der Waals surface area contributed by atoms with Gasteiger partial charge >= 0.3 is 0 Å². The van der Waals surface area contributed by atoms with E-state index in [2.05, 4.69) is 29.8 Å². The standard InChI is InChI=1S/C13H17BrO/c1-8(2)10(4)13(15)12-9(3)6-5-7-11(12)14/h5-8,10H,1-4H3. The highest BCUT2D eigenvalue weighted by atomic mass is 79.9. The van der Waals surface area contributed by atoms with E-state index in [4.69, 9.17) is 0 Å². The molecule has 0 aliphatic heterocycles. The van der Waals surface area contributed by atoms with Crippen LogP contribution in [-0.4, -0.2) is 5.78 Å². The van der Waals surface area contributed by atoms with Gasteiger partial charge in [0.25, 0.3) is 0 Å². The molecule has 0 aromatic heterocycles. The first-order valence-corrected chi connectivity index (χ1v) is 6.03. The molecule has 1 rings (SSSR count). The third kappa shape index (κ3) is 2.69. The Morgan fingerprint density at radius 3 is 2.33 bits per heavy atom. The van der Waals surface area contributed by atoms with Crippen LogP contribution in [0.5, 0.6) is 0 Å². The molecule has 0 N–H and O–H groups in total. The van der Waals surface area contributed by atoms with Gasteiger partial charge in [-0.25, -0.2) is 0 Å². The number of hydrogen-bond acceptors (Lipinski definition) is 1. The van der Waals surface area contributed by atoms with Gasteiger partial charge in [0.15, 0.2) is 5.78 Å². The average molecular weight is 269 g/mol. The lowest BCUT2D eigenvalue weighted by Crippen LogP contribution is -2.18. The van der Waals surface area contributed by atoms with Crippen molar-refractivity contribution in [2.75, 3.05) is 0 Å². The number of aryl methyl sites for hydroxylation is 1. The number of halogens is 1. The summed E-state index contributed by atoms with van der Waals surface area (Å²) in [6, 6.07) is 5.86. The van der Waals surface area contributed by atoms with Gasteiger partial charge in [-0.3, -0.25) is 4.79 Å². The molecule has 0 fully saturated rings. The Morgan fingerprint density at radius 2 is 1.87 bits per heavy atom. The first-order chi connectivity index (χ1) is 6.95. The van der Waals surface area contributed by atoms with Crippen molar-refractivity contribution in [1.29, 1.82) is 0 Å². The molecule has 2 heteroatoms. The van der Waals surface area contributed by atoms with Crippen LogP contribution in [0.1, 0.15) is 36.7 Å². The Labute approximate surface area is 100 Å². The van der Waals surface area contributed by atoms with Crippen molar-refractivity contribution in [2.45, 2.75) is 27.7 Å². The molecule has 0 spiro atoms. The highest BCUT2D eigenvalue weighted by Gasteiger charge is 2.21. The Bertz CT molecular complexity index is 349. The second-order valence-electron chi connectivity index (χ2n) is 4.33. The molecule has 0 amide bonds. The maximum absolute atomic E-state index is 12.2. The summed E-state index contributed by atoms with van der Waals surface area (Å²) in [4.78, 5) is 12.2. The molecular weight excluding hydrogens is 252 g/mol. The van der Waals surface area contributed by atoms with E-state index in [1.165, 1.54) is 0 Å². The molecule has 0 saturated carbocycles. The third-order valence-electron chi connectivity index (χ3n) is 2.88. The SMILES string of the molecule is Cc1cccc(Br)c1C(=O)C(C)C(C)C. The third-order valence-corrected chi connectivity index (χ3v) is 3.54. The normalized spacial score (nSPS) is 12.9. The predicted molar refractivity (Wildman–Crippen MR) is 67.2 cm³/mol. The molecule has 0 heterocycles. The molecule has 0 saturated heterocycles. The van der Waals surface area contributed by atoms with Crippen molar-refractivity contribution in [3.8, 4) is 0 Å². The lowest BCUT2D eigenvalue weighted by molar-refractivity contribution is 0.0898. The Hall–Kier alpha value is -0.630. The van der Waals surface area contributed by atoms with Gasteiger partial charge in [0.2, 0.25) is 0 Å². The fourth-order valence-corrected chi connectivity index (χ4v) is 2.14. The first-order valence-electron chi connectivity index (χ1n) is 5.24. The molecular formula is C13H17BrO. The van der Waals surface area contributed by atoms with E-state index in [1.54, 1.807) is 0 Å². The monoisotopic (exact) mass is 268 g/mol. The van der Waals surface area contributed by atoms with Crippen molar-refractivity contribution in [3.05, 3.63) is 33.8 Å². The zero-order chi connectivity index (χ0) is 11.6. The Morgan fingerprint density at radius 1 is 1.27 bits per heavy atom. The first kappa shape index (κ1) is 12.4. The lowest BCUT2D eigenvalue weighted by Gasteiger charge is -2.16. The number of carbonyl (C=O) groups excluding carboxylic acids is 1. The maximum Gasteiger partial charge on any atom is 0.167 e. The number of benzene rings is 1. The zero-order valence-electron chi connectivity index (χ0n) is 9.67. The van der Waals surface area contributed by atoms with Crippen LogP contribution in [0.4, 0.5) is 0 Å². The molecule has 0 aliphatic carbocycles. The zero-order valence-corrected chi connectivity index (χ0v) is 11.3. The highest BCUT2D eigenvalue weighted by Crippen LogP contribution is 2.25. The summed E-state index contributed by atoms with van der Waals surface area (Å²) in [5.41, 5.74) is 1.88. The molecule has 0 bridgehead atoms. The van der Waals surface area contributed by atoms with Crippen LogP contribution in [0.25, 0.3) is 0 Å².